The second-order valence-electron chi connectivity index (χ2n) is 8.12. The standard InChI is InChI=1S/C26H25BrN4O4/c1-15-12-19(14-28-31-18(4)29-24-11-6-20(27)13-23(24)25(31)32)16(2)30(15)21-7-9-22(10-8-21)35-17(3)26(33)34-5/h6-14,17H,1-5H3/t17-/m1/s1. The maximum atomic E-state index is 13.0. The van der Waals surface area contributed by atoms with Crippen LogP contribution in [0.3, 0.4) is 0 Å². The zero-order chi connectivity index (χ0) is 25.3. The van der Waals surface area contributed by atoms with Crippen molar-refractivity contribution in [2.45, 2.75) is 33.8 Å². The molecule has 4 aromatic rings. The molecule has 35 heavy (non-hydrogen) atoms. The molecule has 8 nitrogen and oxygen atoms in total. The van der Waals surface area contributed by atoms with Gasteiger partial charge in [0.1, 0.15) is 11.6 Å². The zero-order valence-electron chi connectivity index (χ0n) is 20.1. The van der Waals surface area contributed by atoms with Crippen LogP contribution in [0.5, 0.6) is 5.75 Å². The number of hydrogen-bond donors (Lipinski definition) is 0. The average Bonchev–Trinajstić information content (AvgIpc) is 3.12. The number of ether oxygens (including phenoxy) is 2. The van der Waals surface area contributed by atoms with Gasteiger partial charge in [-0.15, -0.1) is 0 Å². The van der Waals surface area contributed by atoms with Gasteiger partial charge < -0.3 is 14.0 Å². The summed E-state index contributed by atoms with van der Waals surface area (Å²) < 4.78 is 14.5. The quantitative estimate of drug-likeness (QED) is 0.263. The maximum absolute atomic E-state index is 13.0. The van der Waals surface area contributed by atoms with Crippen LogP contribution in [0.15, 0.2) is 62.9 Å². The smallest absolute Gasteiger partial charge is 0.346 e. The van der Waals surface area contributed by atoms with Gasteiger partial charge in [0.15, 0.2) is 6.10 Å². The zero-order valence-corrected chi connectivity index (χ0v) is 21.7. The molecule has 0 saturated heterocycles. The van der Waals surface area contributed by atoms with Gasteiger partial charge in [-0.1, -0.05) is 15.9 Å². The topological polar surface area (TPSA) is 87.7 Å². The molecule has 9 heteroatoms. The van der Waals surface area contributed by atoms with Gasteiger partial charge in [0.2, 0.25) is 0 Å². The fourth-order valence-electron chi connectivity index (χ4n) is 3.92. The lowest BCUT2D eigenvalue weighted by atomic mass is 10.2. The first-order valence-electron chi connectivity index (χ1n) is 11.0. The Morgan fingerprint density at radius 1 is 1.11 bits per heavy atom. The van der Waals surface area contributed by atoms with E-state index in [0.29, 0.717) is 22.5 Å². The number of esters is 1. The lowest BCUT2D eigenvalue weighted by molar-refractivity contribution is -0.147. The highest BCUT2D eigenvalue weighted by atomic mass is 79.9. The molecule has 0 aliphatic rings. The van der Waals surface area contributed by atoms with Gasteiger partial charge in [0, 0.05) is 27.1 Å². The van der Waals surface area contributed by atoms with Crippen molar-refractivity contribution in [3.05, 3.63) is 86.1 Å². The predicted octanol–water partition coefficient (Wildman–Crippen LogP) is 4.70. The van der Waals surface area contributed by atoms with Gasteiger partial charge >= 0.3 is 5.97 Å². The van der Waals surface area contributed by atoms with Crippen LogP contribution in [0.1, 0.15) is 29.7 Å². The Kier molecular flexibility index (Phi) is 6.88. The van der Waals surface area contributed by atoms with Crippen LogP contribution < -0.4 is 10.3 Å². The molecular formula is C26H25BrN4O4. The van der Waals surface area contributed by atoms with Crippen molar-refractivity contribution in [2.24, 2.45) is 5.10 Å². The summed E-state index contributed by atoms with van der Waals surface area (Å²) in [4.78, 5) is 29.1. The SMILES string of the molecule is COC(=O)[C@@H](C)Oc1ccc(-n2c(C)cc(C=Nn3c(C)nc4ccc(Br)cc4c3=O)c2C)cc1. The molecule has 0 amide bonds. The van der Waals surface area contributed by atoms with E-state index in [4.69, 9.17) is 9.47 Å². The normalized spacial score (nSPS) is 12.3. The van der Waals surface area contributed by atoms with Crippen molar-refractivity contribution in [3.63, 3.8) is 0 Å². The van der Waals surface area contributed by atoms with Crippen molar-refractivity contribution in [1.29, 1.82) is 0 Å². The molecule has 0 aliphatic heterocycles. The highest BCUT2D eigenvalue weighted by molar-refractivity contribution is 9.10. The molecule has 0 aliphatic carbocycles. The van der Waals surface area contributed by atoms with E-state index in [1.54, 1.807) is 26.1 Å². The Morgan fingerprint density at radius 3 is 2.51 bits per heavy atom. The maximum Gasteiger partial charge on any atom is 0.346 e. The number of carbonyl (C=O) groups excluding carboxylic acids is 1. The van der Waals surface area contributed by atoms with Crippen molar-refractivity contribution >= 4 is 39.0 Å². The Hall–Kier alpha value is -3.72. The summed E-state index contributed by atoms with van der Waals surface area (Å²) in [5.41, 5.74) is 4.19. The number of carbonyl (C=O) groups is 1. The molecule has 0 bridgehead atoms. The summed E-state index contributed by atoms with van der Waals surface area (Å²) in [6.45, 7) is 7.39. The third-order valence-corrected chi connectivity index (χ3v) is 6.19. The molecule has 4 rings (SSSR count). The van der Waals surface area contributed by atoms with Crippen molar-refractivity contribution in [2.75, 3.05) is 7.11 Å². The summed E-state index contributed by atoms with van der Waals surface area (Å²) in [6.07, 6.45) is 0.982. The minimum Gasteiger partial charge on any atom is -0.479 e. The number of rotatable bonds is 6. The minimum atomic E-state index is -0.693. The Labute approximate surface area is 210 Å². The fraction of sp³-hybridized carbons (Fsp3) is 0.231. The molecule has 1 atom stereocenters. The van der Waals surface area contributed by atoms with Crippen LogP contribution in [0.25, 0.3) is 16.6 Å². The van der Waals surface area contributed by atoms with Gasteiger partial charge in [0.05, 0.1) is 24.2 Å². The van der Waals surface area contributed by atoms with Crippen molar-refractivity contribution in [1.82, 2.24) is 14.2 Å². The van der Waals surface area contributed by atoms with Crippen LogP contribution in [0.2, 0.25) is 0 Å². The number of methoxy groups -OCH3 is 1. The second kappa shape index (κ2) is 9.87. The minimum absolute atomic E-state index is 0.226. The molecule has 0 N–H and O–H groups in total. The molecule has 0 unspecified atom stereocenters. The van der Waals surface area contributed by atoms with E-state index in [1.165, 1.54) is 11.8 Å². The Balaban J connectivity index is 1.64. The Bertz CT molecular complexity index is 1500. The fourth-order valence-corrected chi connectivity index (χ4v) is 4.28. The van der Waals surface area contributed by atoms with E-state index in [1.807, 2.05) is 56.3 Å². The highest BCUT2D eigenvalue weighted by Gasteiger charge is 2.15. The number of benzene rings is 2. The molecule has 2 aromatic carbocycles. The number of aryl methyl sites for hydroxylation is 2. The summed E-state index contributed by atoms with van der Waals surface area (Å²) in [7, 11) is 1.33. The van der Waals surface area contributed by atoms with Crippen LogP contribution in [0.4, 0.5) is 0 Å². The third-order valence-electron chi connectivity index (χ3n) is 5.69. The van der Waals surface area contributed by atoms with Crippen molar-refractivity contribution < 1.29 is 14.3 Å². The van der Waals surface area contributed by atoms with Crippen LogP contribution in [0, 0.1) is 20.8 Å². The van der Waals surface area contributed by atoms with Gasteiger partial charge in [0.25, 0.3) is 5.56 Å². The molecule has 2 heterocycles. The first-order valence-corrected chi connectivity index (χ1v) is 11.8. The van der Waals surface area contributed by atoms with E-state index in [0.717, 1.165) is 27.1 Å². The molecule has 2 aromatic heterocycles. The number of halogens is 1. The molecule has 180 valence electrons. The predicted molar refractivity (Wildman–Crippen MR) is 139 cm³/mol. The van der Waals surface area contributed by atoms with E-state index < -0.39 is 12.1 Å². The molecular weight excluding hydrogens is 512 g/mol. The largest absolute Gasteiger partial charge is 0.479 e. The number of aromatic nitrogens is 3. The lowest BCUT2D eigenvalue weighted by Crippen LogP contribution is -2.24. The van der Waals surface area contributed by atoms with Crippen LogP contribution in [-0.4, -0.2) is 39.6 Å². The first-order chi connectivity index (χ1) is 16.7. The van der Waals surface area contributed by atoms with Gasteiger partial charge in [-0.2, -0.15) is 9.78 Å². The number of hydrogen-bond acceptors (Lipinski definition) is 6. The van der Waals surface area contributed by atoms with E-state index in [9.17, 15) is 9.59 Å². The van der Waals surface area contributed by atoms with Gasteiger partial charge in [-0.05, 0) is 76.2 Å². The lowest BCUT2D eigenvalue weighted by Gasteiger charge is -2.14. The molecule has 0 spiro atoms. The Morgan fingerprint density at radius 2 is 1.83 bits per heavy atom. The molecule has 0 fully saturated rings. The average molecular weight is 537 g/mol. The summed E-state index contributed by atoms with van der Waals surface area (Å²) in [5.74, 6) is 0.645. The van der Waals surface area contributed by atoms with Gasteiger partial charge in [-0.3, -0.25) is 4.79 Å². The summed E-state index contributed by atoms with van der Waals surface area (Å²) in [6, 6.07) is 14.9. The van der Waals surface area contributed by atoms with Gasteiger partial charge in [-0.25, -0.2) is 9.78 Å². The van der Waals surface area contributed by atoms with Crippen LogP contribution in [-0.2, 0) is 9.53 Å². The monoisotopic (exact) mass is 536 g/mol. The van der Waals surface area contributed by atoms with E-state index in [2.05, 4.69) is 30.6 Å². The second-order valence-corrected chi connectivity index (χ2v) is 9.04. The third kappa shape index (κ3) is 4.90. The van der Waals surface area contributed by atoms with Crippen molar-refractivity contribution in [3.8, 4) is 11.4 Å². The summed E-state index contributed by atoms with van der Waals surface area (Å²) >= 11 is 3.41. The van der Waals surface area contributed by atoms with Crippen LogP contribution >= 0.6 is 15.9 Å². The van der Waals surface area contributed by atoms with E-state index in [-0.39, 0.29) is 5.56 Å². The molecule has 0 radical (unpaired) electrons. The number of nitrogens with zero attached hydrogens (tertiary/aromatic N) is 4. The first kappa shape index (κ1) is 24.4. The highest BCUT2D eigenvalue weighted by Crippen LogP contribution is 2.23. The van der Waals surface area contributed by atoms with E-state index >= 15 is 0 Å². The summed E-state index contributed by atoms with van der Waals surface area (Å²) in [5, 5.41) is 4.96. The number of fused-ring (bicyclic) bond motifs is 1. The molecule has 0 saturated carbocycles.